The molecule has 4 N–H and O–H groups in total. The second kappa shape index (κ2) is 11.3. The lowest BCUT2D eigenvalue weighted by Crippen LogP contribution is -2.29. The van der Waals surface area contributed by atoms with Gasteiger partial charge in [-0.1, -0.05) is 20.3 Å². The molecule has 6 nitrogen and oxygen atoms in total. The molecule has 0 aromatic carbocycles. The molecule has 2 atom stereocenters. The largest absolute Gasteiger partial charge is 0.481 e. The number of aliphatic hydroxyl groups excluding tert-OH is 2. The Morgan fingerprint density at radius 1 is 0.941 bits per heavy atom. The molecule has 0 rings (SSSR count). The number of carboxylic acid groups (broad SMARTS) is 2. The third-order valence-electron chi connectivity index (χ3n) is 2.26. The fraction of sp³-hybridized carbons (Fsp3) is 0.818. The van der Waals surface area contributed by atoms with Crippen molar-refractivity contribution in [1.82, 2.24) is 0 Å². The molecule has 0 saturated heterocycles. The maximum atomic E-state index is 10.7. The normalized spacial score (nSPS) is 13.2. The van der Waals surface area contributed by atoms with Crippen LogP contribution in [0.5, 0.6) is 0 Å². The molecule has 0 aliphatic rings. The van der Waals surface area contributed by atoms with Crippen LogP contribution < -0.4 is 0 Å². The molecule has 0 aromatic rings. The first-order valence-electron chi connectivity index (χ1n) is 5.63. The molecule has 0 radical (unpaired) electrons. The zero-order valence-corrected chi connectivity index (χ0v) is 10.3. The average Bonchev–Trinajstić information content (AvgIpc) is 2.28. The van der Waals surface area contributed by atoms with Crippen molar-refractivity contribution in [3.8, 4) is 0 Å². The highest BCUT2D eigenvalue weighted by atomic mass is 16.4. The summed E-state index contributed by atoms with van der Waals surface area (Å²) in [5, 5.41) is 32.8. The Kier molecular flexibility index (Phi) is 12.2. The van der Waals surface area contributed by atoms with Crippen LogP contribution in [-0.4, -0.2) is 45.6 Å². The van der Waals surface area contributed by atoms with Crippen molar-refractivity contribution in [2.75, 3.05) is 13.2 Å². The monoisotopic (exact) mass is 250 g/mol. The van der Waals surface area contributed by atoms with Gasteiger partial charge in [-0.3, -0.25) is 9.59 Å². The second-order valence-electron chi connectivity index (χ2n) is 3.53. The lowest BCUT2D eigenvalue weighted by atomic mass is 9.87. The van der Waals surface area contributed by atoms with E-state index in [0.29, 0.717) is 19.3 Å². The molecule has 6 heteroatoms. The molecule has 102 valence electrons. The van der Waals surface area contributed by atoms with Gasteiger partial charge in [0.25, 0.3) is 0 Å². The molecule has 17 heavy (non-hydrogen) atoms. The maximum Gasteiger partial charge on any atom is 0.307 e. The van der Waals surface area contributed by atoms with Gasteiger partial charge in [-0.25, -0.2) is 0 Å². The van der Waals surface area contributed by atoms with Crippen LogP contribution in [0.1, 0.15) is 33.1 Å². The number of rotatable bonds is 7. The van der Waals surface area contributed by atoms with Crippen molar-refractivity contribution in [2.24, 2.45) is 11.8 Å². The fourth-order valence-corrected chi connectivity index (χ4v) is 1.44. The summed E-state index contributed by atoms with van der Waals surface area (Å²) < 4.78 is 0. The highest BCUT2D eigenvalue weighted by Gasteiger charge is 2.31. The van der Waals surface area contributed by atoms with Crippen LogP contribution in [0.25, 0.3) is 0 Å². The Morgan fingerprint density at radius 2 is 1.35 bits per heavy atom. The van der Waals surface area contributed by atoms with Crippen LogP contribution >= 0.6 is 0 Å². The molecule has 0 aromatic heterocycles. The minimum Gasteiger partial charge on any atom is -0.481 e. The molecule has 0 aliphatic carbocycles. The van der Waals surface area contributed by atoms with Crippen molar-refractivity contribution < 1.29 is 30.0 Å². The van der Waals surface area contributed by atoms with Crippen molar-refractivity contribution in [1.29, 1.82) is 0 Å². The summed E-state index contributed by atoms with van der Waals surface area (Å²) in [5.74, 6) is -3.51. The zero-order chi connectivity index (χ0) is 13.8. The van der Waals surface area contributed by atoms with Crippen LogP contribution in [-0.2, 0) is 9.59 Å². The Bertz CT molecular complexity index is 214. The molecule has 0 amide bonds. The van der Waals surface area contributed by atoms with E-state index in [1.54, 1.807) is 6.92 Å². The lowest BCUT2D eigenvalue weighted by Gasteiger charge is -2.17. The molecule has 0 bridgehead atoms. The fourth-order valence-electron chi connectivity index (χ4n) is 1.44. The minimum atomic E-state index is -1.01. The van der Waals surface area contributed by atoms with E-state index in [-0.39, 0.29) is 13.2 Å². The summed E-state index contributed by atoms with van der Waals surface area (Å²) in [6.45, 7) is 3.30. The van der Waals surface area contributed by atoms with Gasteiger partial charge in [0.15, 0.2) is 0 Å². The minimum absolute atomic E-state index is 0.125. The van der Waals surface area contributed by atoms with Crippen molar-refractivity contribution in [3.63, 3.8) is 0 Å². The van der Waals surface area contributed by atoms with Gasteiger partial charge in [0.05, 0.1) is 25.0 Å². The number of hydrogen-bond acceptors (Lipinski definition) is 4. The molecule has 0 saturated carbocycles. The van der Waals surface area contributed by atoms with Crippen LogP contribution in [0.4, 0.5) is 0 Å². The van der Waals surface area contributed by atoms with E-state index < -0.39 is 23.8 Å². The van der Waals surface area contributed by atoms with Gasteiger partial charge in [-0.2, -0.15) is 0 Å². The predicted octanol–water partition coefficient (Wildman–Crippen LogP) is 0.569. The third kappa shape index (κ3) is 8.65. The summed E-state index contributed by atoms with van der Waals surface area (Å²) in [4.78, 5) is 21.4. The van der Waals surface area contributed by atoms with Gasteiger partial charge < -0.3 is 20.4 Å². The number of aliphatic hydroxyl groups is 2. The summed E-state index contributed by atoms with van der Waals surface area (Å²) in [6.07, 6.45) is 1.49. The first-order chi connectivity index (χ1) is 7.95. The Labute approximate surface area is 101 Å². The van der Waals surface area contributed by atoms with Crippen LogP contribution in [0.3, 0.4) is 0 Å². The molecule has 0 aliphatic heterocycles. The van der Waals surface area contributed by atoms with E-state index in [4.69, 9.17) is 20.4 Å². The summed E-state index contributed by atoms with van der Waals surface area (Å²) in [7, 11) is 0. The van der Waals surface area contributed by atoms with Crippen molar-refractivity contribution in [2.45, 2.75) is 33.1 Å². The van der Waals surface area contributed by atoms with Gasteiger partial charge >= 0.3 is 11.9 Å². The highest BCUT2D eigenvalue weighted by molar-refractivity contribution is 5.79. The molecule has 2 unspecified atom stereocenters. The number of hydrogen-bond donors (Lipinski definition) is 4. The van der Waals surface area contributed by atoms with E-state index in [9.17, 15) is 9.59 Å². The standard InChI is InChI=1S/C9H16O4.C2H6O2/c1-3-5-7(9(12)13)6(4-2)8(10)11;3-1-2-4/h6-7H,3-5H2,1-2H3,(H,10,11)(H,12,13);3-4H,1-2H2. The Morgan fingerprint density at radius 3 is 1.53 bits per heavy atom. The predicted molar refractivity (Wildman–Crippen MR) is 61.6 cm³/mol. The highest BCUT2D eigenvalue weighted by Crippen LogP contribution is 2.21. The summed E-state index contributed by atoms with van der Waals surface area (Å²) in [5.41, 5.74) is 0. The van der Waals surface area contributed by atoms with E-state index >= 15 is 0 Å². The Hall–Kier alpha value is -1.14. The summed E-state index contributed by atoms with van der Waals surface area (Å²) >= 11 is 0. The van der Waals surface area contributed by atoms with Gasteiger partial charge in [-0.05, 0) is 12.8 Å². The van der Waals surface area contributed by atoms with Gasteiger partial charge in [0.1, 0.15) is 0 Å². The number of carboxylic acids is 2. The first kappa shape index (κ1) is 18.2. The van der Waals surface area contributed by atoms with Crippen molar-refractivity contribution in [3.05, 3.63) is 0 Å². The smallest absolute Gasteiger partial charge is 0.307 e. The quantitative estimate of drug-likeness (QED) is 0.525. The molecule has 0 fully saturated rings. The molecular formula is C11H22O6. The molecule has 0 spiro atoms. The number of carbonyl (C=O) groups is 2. The lowest BCUT2D eigenvalue weighted by molar-refractivity contribution is -0.154. The Balaban J connectivity index is 0. The van der Waals surface area contributed by atoms with Crippen LogP contribution in [0.2, 0.25) is 0 Å². The van der Waals surface area contributed by atoms with Gasteiger partial charge in [0.2, 0.25) is 0 Å². The van der Waals surface area contributed by atoms with E-state index in [0.717, 1.165) is 0 Å². The number of aliphatic carboxylic acids is 2. The van der Waals surface area contributed by atoms with Crippen molar-refractivity contribution >= 4 is 11.9 Å². The molecule has 0 heterocycles. The summed E-state index contributed by atoms with van der Waals surface area (Å²) in [6, 6.07) is 0. The maximum absolute atomic E-state index is 10.7. The zero-order valence-electron chi connectivity index (χ0n) is 10.3. The van der Waals surface area contributed by atoms with E-state index in [1.165, 1.54) is 0 Å². The average molecular weight is 250 g/mol. The SMILES string of the molecule is CCCC(C(=O)O)C(CC)C(=O)O.OCCO. The van der Waals surface area contributed by atoms with Gasteiger partial charge in [-0.15, -0.1) is 0 Å². The third-order valence-corrected chi connectivity index (χ3v) is 2.26. The topological polar surface area (TPSA) is 115 Å². The first-order valence-corrected chi connectivity index (χ1v) is 5.63. The second-order valence-corrected chi connectivity index (χ2v) is 3.53. The van der Waals surface area contributed by atoms with Gasteiger partial charge in [0, 0.05) is 0 Å². The van der Waals surface area contributed by atoms with Crippen LogP contribution in [0, 0.1) is 11.8 Å². The van der Waals surface area contributed by atoms with E-state index in [2.05, 4.69) is 0 Å². The van der Waals surface area contributed by atoms with E-state index in [1.807, 2.05) is 6.92 Å². The van der Waals surface area contributed by atoms with Crippen LogP contribution in [0.15, 0.2) is 0 Å². The molecular weight excluding hydrogens is 228 g/mol.